The maximum absolute atomic E-state index is 3.71. The topological polar surface area (TPSA) is 12.0 Å². The van der Waals surface area contributed by atoms with Gasteiger partial charge in [0.15, 0.2) is 0 Å². The molecule has 1 N–H and O–H groups in total. The first-order valence-corrected chi connectivity index (χ1v) is 6.93. The van der Waals surface area contributed by atoms with Crippen molar-refractivity contribution >= 4 is 11.3 Å². The van der Waals surface area contributed by atoms with Crippen molar-refractivity contribution in [3.63, 3.8) is 0 Å². The molecule has 2 aliphatic rings. The molecular formula is C13H19NS. The van der Waals surface area contributed by atoms with Gasteiger partial charge in [0.1, 0.15) is 0 Å². The molecule has 1 aliphatic carbocycles. The van der Waals surface area contributed by atoms with Crippen LogP contribution in [0.3, 0.4) is 0 Å². The highest BCUT2D eigenvalue weighted by Crippen LogP contribution is 2.50. The Morgan fingerprint density at radius 3 is 2.67 bits per heavy atom. The van der Waals surface area contributed by atoms with E-state index in [9.17, 15) is 0 Å². The molecule has 2 heterocycles. The van der Waals surface area contributed by atoms with E-state index in [-0.39, 0.29) is 0 Å². The number of nitrogens with one attached hydrogen (secondary N) is 1. The van der Waals surface area contributed by atoms with Gasteiger partial charge in [0.05, 0.1) is 0 Å². The van der Waals surface area contributed by atoms with Crippen LogP contribution in [0, 0.1) is 6.92 Å². The molecule has 0 aromatic carbocycles. The number of hydrogen-bond donors (Lipinski definition) is 1. The molecule has 2 heteroatoms. The fraction of sp³-hybridized carbons (Fsp3) is 0.692. The third kappa shape index (κ3) is 1.46. The Labute approximate surface area is 95.9 Å². The van der Waals surface area contributed by atoms with Crippen LogP contribution in [0.15, 0.2) is 12.1 Å². The second-order valence-corrected chi connectivity index (χ2v) is 6.36. The van der Waals surface area contributed by atoms with Gasteiger partial charge in [-0.1, -0.05) is 6.42 Å². The zero-order chi connectivity index (χ0) is 10.3. The van der Waals surface area contributed by atoms with Crippen molar-refractivity contribution in [2.75, 3.05) is 6.54 Å². The first kappa shape index (κ1) is 9.86. The summed E-state index contributed by atoms with van der Waals surface area (Å²) < 4.78 is 0. The van der Waals surface area contributed by atoms with Crippen LogP contribution >= 0.6 is 11.3 Å². The summed E-state index contributed by atoms with van der Waals surface area (Å²) in [6, 6.07) is 5.43. The molecule has 15 heavy (non-hydrogen) atoms. The minimum absolute atomic E-state index is 0.523. The largest absolute Gasteiger partial charge is 0.313 e. The van der Waals surface area contributed by atoms with Crippen LogP contribution in [0.1, 0.15) is 41.9 Å². The lowest BCUT2D eigenvalue weighted by molar-refractivity contribution is 0.186. The van der Waals surface area contributed by atoms with Crippen molar-refractivity contribution in [2.24, 2.45) is 0 Å². The van der Waals surface area contributed by atoms with E-state index in [0.29, 0.717) is 5.41 Å². The first-order chi connectivity index (χ1) is 7.31. The first-order valence-electron chi connectivity index (χ1n) is 6.12. The Bertz CT molecular complexity index is 345. The maximum Gasteiger partial charge on any atom is 0.0200 e. The molecule has 3 rings (SSSR count). The van der Waals surface area contributed by atoms with Crippen LogP contribution in [0.2, 0.25) is 0 Å². The van der Waals surface area contributed by atoms with Crippen LogP contribution in [-0.4, -0.2) is 12.6 Å². The third-order valence-corrected chi connectivity index (χ3v) is 5.42. The van der Waals surface area contributed by atoms with E-state index in [1.807, 2.05) is 11.3 Å². The van der Waals surface area contributed by atoms with Crippen molar-refractivity contribution in [2.45, 2.75) is 50.5 Å². The summed E-state index contributed by atoms with van der Waals surface area (Å²) in [5, 5.41) is 3.71. The smallest absolute Gasteiger partial charge is 0.0200 e. The number of hydrogen-bond acceptors (Lipinski definition) is 2. The standard InChI is InChI=1S/C13H19NS/c1-10-5-6-12(15-10)13(7-3-8-13)11-4-2-9-14-11/h5-6,11,14H,2-4,7-9H2,1H3. The summed E-state index contributed by atoms with van der Waals surface area (Å²) in [7, 11) is 0. The van der Waals surface area contributed by atoms with Gasteiger partial charge < -0.3 is 5.32 Å². The summed E-state index contributed by atoms with van der Waals surface area (Å²) in [6.45, 7) is 3.46. The predicted octanol–water partition coefficient (Wildman–Crippen LogP) is 3.23. The van der Waals surface area contributed by atoms with Gasteiger partial charge in [0.2, 0.25) is 0 Å². The summed E-state index contributed by atoms with van der Waals surface area (Å²) >= 11 is 2.02. The minimum atomic E-state index is 0.523. The van der Waals surface area contributed by atoms with Crippen molar-refractivity contribution in [3.05, 3.63) is 21.9 Å². The lowest BCUT2D eigenvalue weighted by atomic mass is 9.63. The summed E-state index contributed by atoms with van der Waals surface area (Å²) in [5.41, 5.74) is 0.523. The Morgan fingerprint density at radius 2 is 2.20 bits per heavy atom. The predicted molar refractivity (Wildman–Crippen MR) is 65.6 cm³/mol. The number of thiophene rings is 1. The quantitative estimate of drug-likeness (QED) is 0.808. The number of rotatable bonds is 2. The lowest BCUT2D eigenvalue weighted by Gasteiger charge is -2.46. The summed E-state index contributed by atoms with van der Waals surface area (Å²) in [6.07, 6.45) is 7.00. The van der Waals surface area contributed by atoms with Gasteiger partial charge >= 0.3 is 0 Å². The zero-order valence-electron chi connectivity index (χ0n) is 9.38. The van der Waals surface area contributed by atoms with Gasteiger partial charge in [-0.2, -0.15) is 0 Å². The highest BCUT2D eigenvalue weighted by atomic mass is 32.1. The molecule has 1 saturated carbocycles. The van der Waals surface area contributed by atoms with Gasteiger partial charge in [-0.15, -0.1) is 11.3 Å². The van der Waals surface area contributed by atoms with Gasteiger partial charge in [-0.05, 0) is 51.3 Å². The van der Waals surface area contributed by atoms with E-state index in [1.165, 1.54) is 43.5 Å². The monoisotopic (exact) mass is 221 g/mol. The van der Waals surface area contributed by atoms with Crippen LogP contribution in [0.4, 0.5) is 0 Å². The van der Waals surface area contributed by atoms with E-state index in [2.05, 4.69) is 24.4 Å². The van der Waals surface area contributed by atoms with Gasteiger partial charge in [0.25, 0.3) is 0 Å². The fourth-order valence-electron chi connectivity index (χ4n) is 3.18. The normalized spacial score (nSPS) is 29.0. The summed E-state index contributed by atoms with van der Waals surface area (Å²) in [5.74, 6) is 0. The molecular weight excluding hydrogens is 202 g/mol. The average molecular weight is 221 g/mol. The Morgan fingerprint density at radius 1 is 1.33 bits per heavy atom. The molecule has 82 valence electrons. The van der Waals surface area contributed by atoms with E-state index in [0.717, 1.165) is 6.04 Å². The lowest BCUT2D eigenvalue weighted by Crippen LogP contribution is -2.49. The van der Waals surface area contributed by atoms with Gasteiger partial charge in [0, 0.05) is 21.2 Å². The maximum atomic E-state index is 3.71. The van der Waals surface area contributed by atoms with Crippen molar-refractivity contribution in [1.29, 1.82) is 0 Å². The second-order valence-electron chi connectivity index (χ2n) is 5.07. The SMILES string of the molecule is Cc1ccc(C2(C3CCCN3)CCC2)s1. The van der Waals surface area contributed by atoms with E-state index < -0.39 is 0 Å². The van der Waals surface area contributed by atoms with Gasteiger partial charge in [-0.3, -0.25) is 0 Å². The van der Waals surface area contributed by atoms with E-state index in [1.54, 1.807) is 4.88 Å². The second kappa shape index (κ2) is 3.60. The molecule has 1 aliphatic heterocycles. The highest BCUT2D eigenvalue weighted by molar-refractivity contribution is 7.12. The van der Waals surface area contributed by atoms with E-state index >= 15 is 0 Å². The Balaban J connectivity index is 1.91. The molecule has 0 amide bonds. The van der Waals surface area contributed by atoms with Crippen molar-refractivity contribution in [1.82, 2.24) is 5.32 Å². The van der Waals surface area contributed by atoms with E-state index in [4.69, 9.17) is 0 Å². The Hall–Kier alpha value is -0.340. The van der Waals surface area contributed by atoms with Crippen LogP contribution in [0.5, 0.6) is 0 Å². The molecule has 1 saturated heterocycles. The zero-order valence-corrected chi connectivity index (χ0v) is 10.2. The highest BCUT2D eigenvalue weighted by Gasteiger charge is 2.46. The average Bonchev–Trinajstić information content (AvgIpc) is 2.75. The van der Waals surface area contributed by atoms with Crippen molar-refractivity contribution in [3.8, 4) is 0 Å². The van der Waals surface area contributed by atoms with Gasteiger partial charge in [-0.25, -0.2) is 0 Å². The Kier molecular flexibility index (Phi) is 2.37. The fourth-order valence-corrected chi connectivity index (χ4v) is 4.35. The molecule has 1 atom stereocenters. The molecule has 2 fully saturated rings. The minimum Gasteiger partial charge on any atom is -0.313 e. The van der Waals surface area contributed by atoms with Crippen LogP contribution < -0.4 is 5.32 Å². The molecule has 0 bridgehead atoms. The molecule has 0 radical (unpaired) electrons. The summed E-state index contributed by atoms with van der Waals surface area (Å²) in [4.78, 5) is 3.11. The van der Waals surface area contributed by atoms with Crippen LogP contribution in [0.25, 0.3) is 0 Å². The molecule has 0 spiro atoms. The molecule has 1 nitrogen and oxygen atoms in total. The van der Waals surface area contributed by atoms with Crippen molar-refractivity contribution < 1.29 is 0 Å². The third-order valence-electron chi connectivity index (χ3n) is 4.20. The molecule has 1 unspecified atom stereocenters. The molecule has 1 aromatic rings. The molecule has 1 aromatic heterocycles. The van der Waals surface area contributed by atoms with Crippen LogP contribution in [-0.2, 0) is 5.41 Å². The number of aryl methyl sites for hydroxylation is 1.